The average Bonchev–Trinajstić information content (AvgIpc) is 3.26. The minimum absolute atomic E-state index is 0.0244. The van der Waals surface area contributed by atoms with E-state index in [4.69, 9.17) is 21.4 Å². The number of nitrogens with two attached hydrogens (primary N) is 2. The number of carbonyl (C=O) groups is 1. The quantitative estimate of drug-likeness (QED) is 0.0969. The second kappa shape index (κ2) is 18.9. The van der Waals surface area contributed by atoms with Crippen LogP contribution in [0.2, 0.25) is 0 Å². The van der Waals surface area contributed by atoms with Crippen molar-refractivity contribution in [3.63, 3.8) is 0 Å². The van der Waals surface area contributed by atoms with Gasteiger partial charge in [0.05, 0.1) is 23.4 Å². The predicted molar refractivity (Wildman–Crippen MR) is 224 cm³/mol. The molecule has 13 nitrogen and oxygen atoms in total. The van der Waals surface area contributed by atoms with E-state index < -0.39 is 0 Å². The maximum Gasteiger partial charge on any atom is 0.217 e. The number of hydrogen-bond donors (Lipinski definition) is 4. The van der Waals surface area contributed by atoms with Crippen LogP contribution in [0.5, 0.6) is 0 Å². The van der Waals surface area contributed by atoms with Crippen LogP contribution < -0.4 is 22.1 Å². The van der Waals surface area contributed by atoms with Crippen LogP contribution in [0.15, 0.2) is 147 Å². The normalized spacial score (nSPS) is 11.9. The lowest BCUT2D eigenvalue weighted by Crippen LogP contribution is -2.31. The Bertz CT molecular complexity index is 2510. The van der Waals surface area contributed by atoms with Crippen LogP contribution in [0.25, 0.3) is 44.6 Å². The standard InChI is InChI=1S/C23H22N6O.C21H20N6/c24-21(30)13-17(12-16-4-2-1-3-5-16)14-27-23-19-8-11-26-15-20(19)28-22(29-23)18-6-9-25-10-7-18;22-17(12-15-4-2-1-3-5-15)13-25-21-18-8-11-24-14-19(18)26-20(27-21)16-6-9-23-10-7-16/h1-11,15,17H,12-14H2,(H2,24,30)(H,27,28,29);1-11,14,17H,12-13,22H2,(H,25,26,27)/t2*17-/m10/s1. The number of carbonyl (C=O) groups excluding carboxylic acids is 1. The predicted octanol–water partition coefficient (Wildman–Crippen LogP) is 6.30. The lowest BCUT2D eigenvalue weighted by molar-refractivity contribution is -0.118. The third-order valence-corrected chi connectivity index (χ3v) is 9.16. The summed E-state index contributed by atoms with van der Waals surface area (Å²) >= 11 is 0. The smallest absolute Gasteiger partial charge is 0.217 e. The molecule has 0 aliphatic heterocycles. The zero-order valence-electron chi connectivity index (χ0n) is 31.2. The van der Waals surface area contributed by atoms with E-state index in [-0.39, 0.29) is 17.9 Å². The number of aromatic nitrogens is 8. The van der Waals surface area contributed by atoms with E-state index in [1.165, 1.54) is 11.1 Å². The Labute approximate surface area is 330 Å². The molecule has 13 heteroatoms. The highest BCUT2D eigenvalue weighted by atomic mass is 16.1. The van der Waals surface area contributed by atoms with Gasteiger partial charge in [0.1, 0.15) is 11.6 Å². The molecule has 0 bridgehead atoms. The minimum Gasteiger partial charge on any atom is -0.370 e. The molecule has 1 amide bonds. The summed E-state index contributed by atoms with van der Waals surface area (Å²) in [7, 11) is 0. The zero-order valence-corrected chi connectivity index (χ0v) is 31.2. The molecular formula is C44H42N12O. The molecule has 0 aliphatic carbocycles. The van der Waals surface area contributed by atoms with E-state index in [0.717, 1.165) is 51.6 Å². The lowest BCUT2D eigenvalue weighted by atomic mass is 9.96. The van der Waals surface area contributed by atoms with Crippen LogP contribution in [0.3, 0.4) is 0 Å². The Morgan fingerprint density at radius 2 is 1.00 bits per heavy atom. The van der Waals surface area contributed by atoms with Gasteiger partial charge in [-0.15, -0.1) is 0 Å². The fourth-order valence-corrected chi connectivity index (χ4v) is 6.40. The Hall–Kier alpha value is -7.25. The number of hydrogen-bond acceptors (Lipinski definition) is 12. The summed E-state index contributed by atoms with van der Waals surface area (Å²) < 4.78 is 0. The van der Waals surface area contributed by atoms with Crippen molar-refractivity contribution in [2.45, 2.75) is 25.3 Å². The minimum atomic E-state index is -0.313. The first-order chi connectivity index (χ1) is 28.0. The van der Waals surface area contributed by atoms with Crippen molar-refractivity contribution < 1.29 is 4.79 Å². The van der Waals surface area contributed by atoms with Crippen molar-refractivity contribution in [3.05, 3.63) is 158 Å². The van der Waals surface area contributed by atoms with Crippen LogP contribution in [0, 0.1) is 5.92 Å². The zero-order chi connectivity index (χ0) is 39.2. The van der Waals surface area contributed by atoms with E-state index in [2.05, 4.69) is 64.8 Å². The molecule has 0 aliphatic rings. The molecule has 6 aromatic heterocycles. The highest BCUT2D eigenvalue weighted by Gasteiger charge is 2.16. The summed E-state index contributed by atoms with van der Waals surface area (Å²) in [6, 6.07) is 31.6. The van der Waals surface area contributed by atoms with Gasteiger partial charge in [0.2, 0.25) is 5.91 Å². The fourth-order valence-electron chi connectivity index (χ4n) is 6.40. The molecular weight excluding hydrogens is 713 g/mol. The number of pyridine rings is 4. The number of rotatable bonds is 14. The third-order valence-electron chi connectivity index (χ3n) is 9.16. The van der Waals surface area contributed by atoms with Crippen molar-refractivity contribution in [2.24, 2.45) is 17.4 Å². The average molecular weight is 755 g/mol. The molecule has 8 aromatic rings. The molecule has 0 saturated heterocycles. The van der Waals surface area contributed by atoms with Crippen LogP contribution in [0.4, 0.5) is 11.6 Å². The summed E-state index contributed by atoms with van der Waals surface area (Å²) in [4.78, 5) is 46.8. The van der Waals surface area contributed by atoms with Gasteiger partial charge in [-0.25, -0.2) is 19.9 Å². The number of nitrogens with zero attached hydrogens (tertiary/aromatic N) is 8. The van der Waals surface area contributed by atoms with Gasteiger partial charge < -0.3 is 22.1 Å². The maximum absolute atomic E-state index is 11.6. The van der Waals surface area contributed by atoms with Gasteiger partial charge in [-0.05, 0) is 66.3 Å². The SMILES string of the molecule is NC(=O)C[C@H](CNc1nc(-c2ccncc2)nc2cnccc12)Cc1ccccc1.N[C@H](CNc1nc(-c2ccncc2)nc2cnccc12)Cc1ccccc1. The molecule has 0 fully saturated rings. The Morgan fingerprint density at radius 1 is 0.544 bits per heavy atom. The Balaban J connectivity index is 0.000000175. The van der Waals surface area contributed by atoms with Crippen molar-refractivity contribution in [3.8, 4) is 22.8 Å². The van der Waals surface area contributed by atoms with Gasteiger partial charge in [0.25, 0.3) is 0 Å². The van der Waals surface area contributed by atoms with E-state index in [1.807, 2.05) is 72.8 Å². The fraction of sp³-hybridized carbons (Fsp3) is 0.159. The number of nitrogens with one attached hydrogen (secondary N) is 2. The number of fused-ring (bicyclic) bond motifs is 2. The van der Waals surface area contributed by atoms with E-state index in [0.29, 0.717) is 37.0 Å². The Kier molecular flexibility index (Phi) is 12.6. The van der Waals surface area contributed by atoms with Crippen molar-refractivity contribution in [1.29, 1.82) is 0 Å². The van der Waals surface area contributed by atoms with Gasteiger partial charge >= 0.3 is 0 Å². The van der Waals surface area contributed by atoms with E-state index >= 15 is 0 Å². The number of primary amides is 1. The first kappa shape index (κ1) is 38.0. The molecule has 0 saturated carbocycles. The van der Waals surface area contributed by atoms with Crippen molar-refractivity contribution in [2.75, 3.05) is 23.7 Å². The highest BCUT2D eigenvalue weighted by Crippen LogP contribution is 2.26. The van der Waals surface area contributed by atoms with Gasteiger partial charge in [-0.2, -0.15) is 0 Å². The molecule has 6 heterocycles. The number of benzene rings is 2. The van der Waals surface area contributed by atoms with Crippen molar-refractivity contribution in [1.82, 2.24) is 39.9 Å². The molecule has 0 unspecified atom stereocenters. The molecule has 2 aromatic carbocycles. The molecule has 284 valence electrons. The molecule has 2 atom stereocenters. The summed E-state index contributed by atoms with van der Waals surface area (Å²) in [6.07, 6.45) is 15.7. The first-order valence-corrected chi connectivity index (χ1v) is 18.6. The number of anilines is 2. The van der Waals surface area contributed by atoms with E-state index in [1.54, 1.807) is 49.6 Å². The van der Waals surface area contributed by atoms with Crippen LogP contribution >= 0.6 is 0 Å². The summed E-state index contributed by atoms with van der Waals surface area (Å²) in [5.41, 5.74) is 17.5. The van der Waals surface area contributed by atoms with Gasteiger partial charge in [0, 0.05) is 84.6 Å². The molecule has 6 N–H and O–H groups in total. The topological polar surface area (TPSA) is 196 Å². The maximum atomic E-state index is 11.6. The summed E-state index contributed by atoms with van der Waals surface area (Å²) in [5.74, 6) is 2.43. The molecule has 0 spiro atoms. The van der Waals surface area contributed by atoms with Crippen LogP contribution in [0.1, 0.15) is 17.5 Å². The van der Waals surface area contributed by atoms with Crippen LogP contribution in [-0.4, -0.2) is 64.9 Å². The summed E-state index contributed by atoms with van der Waals surface area (Å²) in [6.45, 7) is 1.17. The molecule has 57 heavy (non-hydrogen) atoms. The molecule has 8 rings (SSSR count). The van der Waals surface area contributed by atoms with Gasteiger partial charge in [-0.3, -0.25) is 24.7 Å². The summed E-state index contributed by atoms with van der Waals surface area (Å²) in [5, 5.41) is 8.62. The number of amides is 1. The first-order valence-electron chi connectivity index (χ1n) is 18.6. The van der Waals surface area contributed by atoms with Gasteiger partial charge in [0.15, 0.2) is 11.6 Å². The van der Waals surface area contributed by atoms with Crippen LogP contribution in [-0.2, 0) is 17.6 Å². The highest BCUT2D eigenvalue weighted by molar-refractivity contribution is 5.91. The lowest BCUT2D eigenvalue weighted by Gasteiger charge is -2.18. The van der Waals surface area contributed by atoms with Crippen molar-refractivity contribution >= 4 is 39.3 Å². The second-order valence-electron chi connectivity index (χ2n) is 13.5. The van der Waals surface area contributed by atoms with Gasteiger partial charge in [-0.1, -0.05) is 60.7 Å². The largest absolute Gasteiger partial charge is 0.370 e. The Morgan fingerprint density at radius 3 is 1.49 bits per heavy atom. The monoisotopic (exact) mass is 754 g/mol. The second-order valence-corrected chi connectivity index (χ2v) is 13.5. The third kappa shape index (κ3) is 10.5. The van der Waals surface area contributed by atoms with E-state index in [9.17, 15) is 4.79 Å². The molecule has 0 radical (unpaired) electrons.